The lowest BCUT2D eigenvalue weighted by Gasteiger charge is -2.19. The second-order valence-corrected chi connectivity index (χ2v) is 9.09. The Morgan fingerprint density at radius 1 is 1.12 bits per heavy atom. The Morgan fingerprint density at radius 2 is 1.91 bits per heavy atom. The molecule has 8 heteroatoms. The number of imide groups is 1. The minimum atomic E-state index is -0.554. The quantitative estimate of drug-likeness (QED) is 0.352. The molecule has 1 aliphatic rings. The highest BCUT2D eigenvalue weighted by Gasteiger charge is 2.31. The lowest BCUT2D eigenvalue weighted by molar-refractivity contribution is -0.151. The Balaban J connectivity index is 1.60. The van der Waals surface area contributed by atoms with Crippen molar-refractivity contribution in [2.24, 2.45) is 0 Å². The van der Waals surface area contributed by atoms with Gasteiger partial charge in [-0.15, -0.1) is 0 Å². The second kappa shape index (κ2) is 12.4. The van der Waals surface area contributed by atoms with E-state index in [0.717, 1.165) is 54.3 Å². The Morgan fingerprint density at radius 3 is 2.52 bits per heavy atom. The molecule has 2 amide bonds. The van der Waals surface area contributed by atoms with E-state index in [0.29, 0.717) is 18.6 Å². The number of hydrogen-bond acceptors (Lipinski definition) is 7. The molecular formula is C25H30N2O5S. The van der Waals surface area contributed by atoms with Gasteiger partial charge in [0.15, 0.2) is 6.10 Å². The Kier molecular flexibility index (Phi) is 9.30. The summed E-state index contributed by atoms with van der Waals surface area (Å²) in [7, 11) is 0. The number of hydrogen-bond donors (Lipinski definition) is 1. The number of nitrogens with one attached hydrogen (secondary N) is 1. The molecular weight excluding hydrogens is 440 g/mol. The van der Waals surface area contributed by atoms with Crippen LogP contribution in [0.2, 0.25) is 0 Å². The van der Waals surface area contributed by atoms with Crippen molar-refractivity contribution >= 4 is 28.9 Å². The summed E-state index contributed by atoms with van der Waals surface area (Å²) in [6.07, 6.45) is 5.70. The molecule has 2 heterocycles. The molecule has 1 unspecified atom stereocenters. The molecule has 2 atom stereocenters. The molecule has 176 valence electrons. The average molecular weight is 471 g/mol. The number of rotatable bonds is 12. The van der Waals surface area contributed by atoms with Gasteiger partial charge in [0.1, 0.15) is 12.4 Å². The number of nitrogens with zero attached hydrogens (tertiary/aromatic N) is 1. The van der Waals surface area contributed by atoms with Gasteiger partial charge in [-0.3, -0.25) is 24.7 Å². The Bertz CT molecular complexity index is 946. The smallest absolute Gasteiger partial charge is 0.306 e. The SMILES string of the molecule is CCCCCC(=O)O[C@@H](COc1ccc(CC2SC(=O)NC2=O)cc1)c1ccc(CC)nc1. The van der Waals surface area contributed by atoms with E-state index in [1.807, 2.05) is 43.3 Å². The van der Waals surface area contributed by atoms with E-state index >= 15 is 0 Å². The first kappa shape index (κ1) is 24.8. The number of aryl methyl sites for hydroxylation is 1. The number of ether oxygens (including phenoxy) is 2. The molecule has 0 spiro atoms. The van der Waals surface area contributed by atoms with Crippen LogP contribution in [0.1, 0.15) is 62.5 Å². The molecule has 0 radical (unpaired) electrons. The van der Waals surface area contributed by atoms with E-state index in [-0.39, 0.29) is 23.7 Å². The molecule has 0 saturated carbocycles. The van der Waals surface area contributed by atoms with E-state index < -0.39 is 11.4 Å². The van der Waals surface area contributed by atoms with Gasteiger partial charge < -0.3 is 9.47 Å². The Labute approximate surface area is 198 Å². The summed E-state index contributed by atoms with van der Waals surface area (Å²) in [5.74, 6) is 0.133. The van der Waals surface area contributed by atoms with E-state index in [1.165, 1.54) is 0 Å². The number of esters is 1. The minimum absolute atomic E-state index is 0.168. The molecule has 3 rings (SSSR count). The summed E-state index contributed by atoms with van der Waals surface area (Å²) in [5, 5.41) is 1.59. The molecule has 7 nitrogen and oxygen atoms in total. The number of carbonyl (C=O) groups excluding carboxylic acids is 3. The summed E-state index contributed by atoms with van der Waals surface area (Å²) in [6, 6.07) is 11.2. The van der Waals surface area contributed by atoms with Gasteiger partial charge >= 0.3 is 5.97 Å². The zero-order valence-electron chi connectivity index (χ0n) is 19.0. The van der Waals surface area contributed by atoms with Crippen LogP contribution in [0.15, 0.2) is 42.6 Å². The number of aromatic nitrogens is 1. The lowest BCUT2D eigenvalue weighted by Crippen LogP contribution is -2.25. The van der Waals surface area contributed by atoms with Crippen LogP contribution in [0.3, 0.4) is 0 Å². The molecule has 1 saturated heterocycles. The van der Waals surface area contributed by atoms with Crippen LogP contribution in [0.25, 0.3) is 0 Å². The first-order valence-electron chi connectivity index (χ1n) is 11.4. The second-order valence-electron chi connectivity index (χ2n) is 7.91. The van der Waals surface area contributed by atoms with Crippen LogP contribution in [-0.2, 0) is 27.2 Å². The molecule has 1 aromatic carbocycles. The first-order chi connectivity index (χ1) is 16.0. The predicted octanol–water partition coefficient (Wildman–Crippen LogP) is 4.78. The van der Waals surface area contributed by atoms with E-state index in [4.69, 9.17) is 9.47 Å². The average Bonchev–Trinajstić information content (AvgIpc) is 3.14. The van der Waals surface area contributed by atoms with Gasteiger partial charge in [0.05, 0.1) is 5.25 Å². The fraction of sp³-hybridized carbons (Fsp3) is 0.440. The molecule has 1 fully saturated rings. The summed E-state index contributed by atoms with van der Waals surface area (Å²) < 4.78 is 11.7. The number of thioether (sulfide) groups is 1. The van der Waals surface area contributed by atoms with Crippen LogP contribution in [-0.4, -0.2) is 34.0 Å². The van der Waals surface area contributed by atoms with Crippen molar-refractivity contribution < 1.29 is 23.9 Å². The lowest BCUT2D eigenvalue weighted by atomic mass is 10.1. The van der Waals surface area contributed by atoms with E-state index in [9.17, 15) is 14.4 Å². The van der Waals surface area contributed by atoms with Crippen molar-refractivity contribution in [3.63, 3.8) is 0 Å². The van der Waals surface area contributed by atoms with Crippen LogP contribution < -0.4 is 10.1 Å². The highest BCUT2D eigenvalue weighted by molar-refractivity contribution is 8.15. The highest BCUT2D eigenvalue weighted by atomic mass is 32.2. The van der Waals surface area contributed by atoms with Gasteiger partial charge in [-0.1, -0.05) is 56.7 Å². The summed E-state index contributed by atoms with van der Waals surface area (Å²) in [4.78, 5) is 39.8. The first-order valence-corrected chi connectivity index (χ1v) is 12.2. The van der Waals surface area contributed by atoms with Crippen molar-refractivity contribution in [1.82, 2.24) is 10.3 Å². The molecule has 1 aliphatic heterocycles. The maximum Gasteiger partial charge on any atom is 0.306 e. The fourth-order valence-corrected chi connectivity index (χ4v) is 4.27. The largest absolute Gasteiger partial charge is 0.489 e. The van der Waals surface area contributed by atoms with Gasteiger partial charge in [0, 0.05) is 23.9 Å². The number of amides is 2. The highest BCUT2D eigenvalue weighted by Crippen LogP contribution is 2.25. The fourth-order valence-electron chi connectivity index (χ4n) is 3.41. The third-order valence-corrected chi connectivity index (χ3v) is 6.33. The zero-order valence-corrected chi connectivity index (χ0v) is 19.9. The van der Waals surface area contributed by atoms with Crippen molar-refractivity contribution in [2.45, 2.75) is 63.7 Å². The van der Waals surface area contributed by atoms with Crippen molar-refractivity contribution in [3.8, 4) is 5.75 Å². The van der Waals surface area contributed by atoms with Gasteiger partial charge in [0.25, 0.3) is 5.24 Å². The maximum absolute atomic E-state index is 12.3. The molecule has 0 bridgehead atoms. The molecule has 1 N–H and O–H groups in total. The molecule has 0 aliphatic carbocycles. The van der Waals surface area contributed by atoms with Gasteiger partial charge in [-0.05, 0) is 43.0 Å². The minimum Gasteiger partial charge on any atom is -0.489 e. The van der Waals surface area contributed by atoms with E-state index in [2.05, 4.69) is 17.2 Å². The maximum atomic E-state index is 12.3. The van der Waals surface area contributed by atoms with Crippen molar-refractivity contribution in [1.29, 1.82) is 0 Å². The Hall–Kier alpha value is -2.87. The number of pyridine rings is 1. The zero-order chi connectivity index (χ0) is 23.6. The van der Waals surface area contributed by atoms with Crippen LogP contribution in [0, 0.1) is 0 Å². The van der Waals surface area contributed by atoms with Crippen LogP contribution in [0.5, 0.6) is 5.75 Å². The summed E-state index contributed by atoms with van der Waals surface area (Å²) in [6.45, 7) is 4.30. The van der Waals surface area contributed by atoms with Gasteiger partial charge in [-0.2, -0.15) is 0 Å². The van der Waals surface area contributed by atoms with Crippen molar-refractivity contribution in [3.05, 3.63) is 59.4 Å². The molecule has 1 aromatic heterocycles. The third kappa shape index (κ3) is 7.60. The van der Waals surface area contributed by atoms with Crippen LogP contribution >= 0.6 is 11.8 Å². The number of unbranched alkanes of at least 4 members (excludes halogenated alkanes) is 2. The molecule has 33 heavy (non-hydrogen) atoms. The van der Waals surface area contributed by atoms with Gasteiger partial charge in [0.2, 0.25) is 5.91 Å². The number of benzene rings is 1. The predicted molar refractivity (Wildman–Crippen MR) is 127 cm³/mol. The van der Waals surface area contributed by atoms with Crippen LogP contribution in [0.4, 0.5) is 4.79 Å². The third-order valence-electron chi connectivity index (χ3n) is 5.35. The topological polar surface area (TPSA) is 94.6 Å². The van der Waals surface area contributed by atoms with Gasteiger partial charge in [-0.25, -0.2) is 0 Å². The number of carbonyl (C=O) groups is 3. The monoisotopic (exact) mass is 470 g/mol. The standard InChI is InChI=1S/C25H30N2O5S/c1-3-5-6-7-23(28)32-21(18-10-11-19(4-2)26-15-18)16-31-20-12-8-17(9-13-20)14-22-24(29)27-25(30)33-22/h8-13,15,21-22H,3-7,14,16H2,1-2H3,(H,27,29,30)/t21-,22?/m0/s1. The summed E-state index contributed by atoms with van der Waals surface area (Å²) in [5.41, 5.74) is 2.70. The normalized spacial score (nSPS) is 16.4. The summed E-state index contributed by atoms with van der Waals surface area (Å²) >= 11 is 1.01. The molecule has 2 aromatic rings. The van der Waals surface area contributed by atoms with E-state index in [1.54, 1.807) is 6.20 Å². The van der Waals surface area contributed by atoms with Crippen molar-refractivity contribution in [2.75, 3.05) is 6.61 Å².